The van der Waals surface area contributed by atoms with E-state index < -0.39 is 27.0 Å². The summed E-state index contributed by atoms with van der Waals surface area (Å²) in [7, 11) is -3.45. The summed E-state index contributed by atoms with van der Waals surface area (Å²) in [6, 6.07) is 10.8. The van der Waals surface area contributed by atoms with Crippen LogP contribution < -0.4 is 4.72 Å². The SMILES string of the molecule is N#Cc1cc(NS(=O)(=O)C2CC2)ccc1-c1ccc(C(F)(F)F)cc1. The van der Waals surface area contributed by atoms with E-state index in [0.717, 1.165) is 12.1 Å². The Hall–Kier alpha value is -2.53. The first kappa shape index (κ1) is 17.3. The van der Waals surface area contributed by atoms with Crippen molar-refractivity contribution in [3.8, 4) is 17.2 Å². The van der Waals surface area contributed by atoms with Crippen LogP contribution >= 0.6 is 0 Å². The minimum atomic E-state index is -4.43. The highest BCUT2D eigenvalue weighted by Crippen LogP contribution is 2.33. The first-order chi connectivity index (χ1) is 11.7. The van der Waals surface area contributed by atoms with Crippen LogP contribution in [0.25, 0.3) is 11.1 Å². The number of nitrogens with zero attached hydrogens (tertiary/aromatic N) is 1. The van der Waals surface area contributed by atoms with Crippen LogP contribution in [0.4, 0.5) is 18.9 Å². The van der Waals surface area contributed by atoms with Crippen molar-refractivity contribution in [2.24, 2.45) is 0 Å². The molecule has 1 saturated carbocycles. The van der Waals surface area contributed by atoms with Crippen LogP contribution in [0, 0.1) is 11.3 Å². The second-order valence-corrected chi connectivity index (χ2v) is 7.75. The zero-order valence-electron chi connectivity index (χ0n) is 12.8. The van der Waals surface area contributed by atoms with Gasteiger partial charge < -0.3 is 0 Å². The molecule has 0 saturated heterocycles. The Labute approximate surface area is 143 Å². The molecule has 0 heterocycles. The van der Waals surface area contributed by atoms with E-state index in [0.29, 0.717) is 24.0 Å². The summed E-state index contributed by atoms with van der Waals surface area (Å²) in [6.45, 7) is 0. The molecule has 130 valence electrons. The lowest BCUT2D eigenvalue weighted by Crippen LogP contribution is -2.17. The minimum Gasteiger partial charge on any atom is -0.283 e. The first-order valence-electron chi connectivity index (χ1n) is 7.44. The van der Waals surface area contributed by atoms with E-state index >= 15 is 0 Å². The van der Waals surface area contributed by atoms with Crippen molar-refractivity contribution >= 4 is 15.7 Å². The number of nitriles is 1. The van der Waals surface area contributed by atoms with Gasteiger partial charge in [-0.25, -0.2) is 8.42 Å². The van der Waals surface area contributed by atoms with Crippen LogP contribution in [-0.2, 0) is 16.2 Å². The van der Waals surface area contributed by atoms with Gasteiger partial charge >= 0.3 is 6.18 Å². The first-order valence-corrected chi connectivity index (χ1v) is 8.99. The number of halogens is 3. The molecule has 0 unspecified atom stereocenters. The maximum Gasteiger partial charge on any atom is 0.416 e. The molecule has 2 aromatic rings. The zero-order chi connectivity index (χ0) is 18.2. The van der Waals surface area contributed by atoms with Crippen LogP contribution in [0.15, 0.2) is 42.5 Å². The normalized spacial score (nSPS) is 14.8. The standard InChI is InChI=1S/C17H13F3N2O2S/c18-17(19,20)13-3-1-11(2-4-13)16-8-5-14(9-12(16)10-21)22-25(23,24)15-6-7-15/h1-5,8-9,15,22H,6-7H2. The molecule has 0 bridgehead atoms. The topological polar surface area (TPSA) is 70.0 Å². The van der Waals surface area contributed by atoms with Crippen molar-refractivity contribution in [2.75, 3.05) is 4.72 Å². The van der Waals surface area contributed by atoms with Crippen molar-refractivity contribution in [3.63, 3.8) is 0 Å². The minimum absolute atomic E-state index is 0.177. The van der Waals surface area contributed by atoms with Crippen molar-refractivity contribution in [1.82, 2.24) is 0 Å². The van der Waals surface area contributed by atoms with Crippen LogP contribution in [0.5, 0.6) is 0 Å². The van der Waals surface area contributed by atoms with E-state index in [1.807, 2.05) is 6.07 Å². The summed E-state index contributed by atoms with van der Waals surface area (Å²) in [6.07, 6.45) is -3.20. The summed E-state index contributed by atoms with van der Waals surface area (Å²) >= 11 is 0. The number of hydrogen-bond donors (Lipinski definition) is 1. The molecular weight excluding hydrogens is 353 g/mol. The maximum absolute atomic E-state index is 12.6. The average Bonchev–Trinajstić information content (AvgIpc) is 3.39. The van der Waals surface area contributed by atoms with E-state index in [1.165, 1.54) is 30.3 Å². The highest BCUT2D eigenvalue weighted by molar-refractivity contribution is 7.93. The molecule has 8 heteroatoms. The van der Waals surface area contributed by atoms with E-state index in [2.05, 4.69) is 4.72 Å². The molecular formula is C17H13F3N2O2S. The van der Waals surface area contributed by atoms with Crippen LogP contribution in [0.1, 0.15) is 24.0 Å². The van der Waals surface area contributed by atoms with Gasteiger partial charge in [0.25, 0.3) is 0 Å². The largest absolute Gasteiger partial charge is 0.416 e. The molecule has 2 aromatic carbocycles. The smallest absolute Gasteiger partial charge is 0.283 e. The molecule has 0 amide bonds. The van der Waals surface area contributed by atoms with E-state index in [-0.39, 0.29) is 11.3 Å². The fourth-order valence-electron chi connectivity index (χ4n) is 2.42. The second kappa shape index (κ2) is 6.08. The van der Waals surface area contributed by atoms with Crippen molar-refractivity contribution in [2.45, 2.75) is 24.3 Å². The number of sulfonamides is 1. The molecule has 1 fully saturated rings. The van der Waals surface area contributed by atoms with Crippen LogP contribution in [-0.4, -0.2) is 13.7 Å². The lowest BCUT2D eigenvalue weighted by Gasteiger charge is -2.11. The Bertz CT molecular complexity index is 941. The molecule has 3 rings (SSSR count). The van der Waals surface area contributed by atoms with Gasteiger partial charge in [-0.15, -0.1) is 0 Å². The Morgan fingerprint density at radius 3 is 2.24 bits per heavy atom. The van der Waals surface area contributed by atoms with Gasteiger partial charge in [-0.1, -0.05) is 18.2 Å². The molecule has 1 aliphatic carbocycles. The summed E-state index contributed by atoms with van der Waals surface area (Å²) in [4.78, 5) is 0. The predicted molar refractivity (Wildman–Crippen MR) is 87.2 cm³/mol. The quantitative estimate of drug-likeness (QED) is 0.884. The number of benzene rings is 2. The van der Waals surface area contributed by atoms with Gasteiger partial charge in [0.05, 0.1) is 22.4 Å². The second-order valence-electron chi connectivity index (χ2n) is 5.79. The number of hydrogen-bond acceptors (Lipinski definition) is 3. The van der Waals surface area contributed by atoms with Gasteiger partial charge in [0.1, 0.15) is 0 Å². The highest BCUT2D eigenvalue weighted by Gasteiger charge is 2.35. The summed E-state index contributed by atoms with van der Waals surface area (Å²) in [5, 5.41) is 8.90. The lowest BCUT2D eigenvalue weighted by atomic mass is 9.99. The number of alkyl halides is 3. The maximum atomic E-state index is 12.6. The molecule has 4 nitrogen and oxygen atoms in total. The Morgan fingerprint density at radius 2 is 1.72 bits per heavy atom. The molecule has 0 aromatic heterocycles. The fraction of sp³-hybridized carbons (Fsp3) is 0.235. The Morgan fingerprint density at radius 1 is 1.08 bits per heavy atom. The van der Waals surface area contributed by atoms with Gasteiger partial charge in [0, 0.05) is 5.69 Å². The monoisotopic (exact) mass is 366 g/mol. The lowest BCUT2D eigenvalue weighted by molar-refractivity contribution is -0.137. The molecule has 0 aliphatic heterocycles. The van der Waals surface area contributed by atoms with E-state index in [4.69, 9.17) is 0 Å². The third-order valence-electron chi connectivity index (χ3n) is 3.89. The van der Waals surface area contributed by atoms with Crippen LogP contribution in [0.3, 0.4) is 0 Å². The number of rotatable bonds is 4. The van der Waals surface area contributed by atoms with Crippen molar-refractivity contribution in [3.05, 3.63) is 53.6 Å². The van der Waals surface area contributed by atoms with Crippen molar-refractivity contribution in [1.29, 1.82) is 5.26 Å². The molecule has 1 aliphatic rings. The van der Waals surface area contributed by atoms with Gasteiger partial charge in [-0.3, -0.25) is 4.72 Å². The third kappa shape index (κ3) is 3.77. The zero-order valence-corrected chi connectivity index (χ0v) is 13.7. The highest BCUT2D eigenvalue weighted by atomic mass is 32.2. The molecule has 0 atom stereocenters. The number of anilines is 1. The molecule has 0 radical (unpaired) electrons. The fourth-order valence-corrected chi connectivity index (χ4v) is 3.80. The van der Waals surface area contributed by atoms with Gasteiger partial charge in [0.15, 0.2) is 0 Å². The molecule has 1 N–H and O–H groups in total. The average molecular weight is 366 g/mol. The van der Waals surface area contributed by atoms with E-state index in [9.17, 15) is 26.9 Å². The van der Waals surface area contributed by atoms with E-state index in [1.54, 1.807) is 0 Å². The van der Waals surface area contributed by atoms with Crippen molar-refractivity contribution < 1.29 is 21.6 Å². The van der Waals surface area contributed by atoms with Gasteiger partial charge in [-0.2, -0.15) is 18.4 Å². The molecule has 25 heavy (non-hydrogen) atoms. The summed E-state index contributed by atoms with van der Waals surface area (Å²) in [5.41, 5.74) is 0.546. The summed E-state index contributed by atoms with van der Waals surface area (Å²) in [5.74, 6) is 0. The van der Waals surface area contributed by atoms with Crippen LogP contribution in [0.2, 0.25) is 0 Å². The third-order valence-corrected chi connectivity index (χ3v) is 5.76. The Balaban J connectivity index is 1.91. The summed E-state index contributed by atoms with van der Waals surface area (Å²) < 4.78 is 64.2. The van der Waals surface area contributed by atoms with Gasteiger partial charge in [-0.05, 0) is 48.2 Å². The molecule has 0 spiro atoms. The number of nitrogens with one attached hydrogen (secondary N) is 1. The Kier molecular flexibility index (Phi) is 4.21. The van der Waals surface area contributed by atoms with Gasteiger partial charge in [0.2, 0.25) is 10.0 Å². The predicted octanol–water partition coefficient (Wildman–Crippen LogP) is 4.15.